The van der Waals surface area contributed by atoms with E-state index in [1.807, 2.05) is 4.90 Å². The second-order valence-corrected chi connectivity index (χ2v) is 5.97. The molecule has 0 spiro atoms. The van der Waals surface area contributed by atoms with Crippen LogP contribution in [0.1, 0.15) is 26.2 Å². The van der Waals surface area contributed by atoms with Gasteiger partial charge in [0.2, 0.25) is 5.91 Å². The number of carbonyl (C=O) groups excluding carboxylic acids is 1. The minimum atomic E-state index is -0.738. The van der Waals surface area contributed by atoms with E-state index in [4.69, 9.17) is 0 Å². The van der Waals surface area contributed by atoms with Crippen LogP contribution in [0.3, 0.4) is 0 Å². The van der Waals surface area contributed by atoms with Gasteiger partial charge in [-0.1, -0.05) is 6.92 Å². The van der Waals surface area contributed by atoms with E-state index in [0.29, 0.717) is 12.3 Å². The van der Waals surface area contributed by atoms with E-state index in [9.17, 15) is 14.7 Å². The first-order valence-electron chi connectivity index (χ1n) is 6.85. The topological polar surface area (TPSA) is 69.6 Å². The maximum atomic E-state index is 12.6. The first-order chi connectivity index (χ1) is 8.59. The lowest BCUT2D eigenvalue weighted by atomic mass is 9.89. The molecule has 0 aromatic carbocycles. The minimum Gasteiger partial charge on any atom is -0.481 e. The third kappa shape index (κ3) is 1.64. The molecule has 3 aliphatic rings. The van der Waals surface area contributed by atoms with Gasteiger partial charge in [0.25, 0.3) is 0 Å². The Kier molecular flexibility index (Phi) is 2.81. The minimum absolute atomic E-state index is 0.0423. The first kappa shape index (κ1) is 12.0. The van der Waals surface area contributed by atoms with Crippen molar-refractivity contribution in [1.82, 2.24) is 10.2 Å². The van der Waals surface area contributed by atoms with Gasteiger partial charge in [0.05, 0.1) is 11.8 Å². The van der Waals surface area contributed by atoms with Gasteiger partial charge in [-0.05, 0) is 31.7 Å². The molecule has 3 saturated heterocycles. The summed E-state index contributed by atoms with van der Waals surface area (Å²) in [5.74, 6) is -0.486. The molecule has 5 nitrogen and oxygen atoms in total. The number of nitrogens with one attached hydrogen (secondary N) is 1. The van der Waals surface area contributed by atoms with Crippen molar-refractivity contribution in [2.45, 2.75) is 38.3 Å². The zero-order valence-corrected chi connectivity index (χ0v) is 10.6. The van der Waals surface area contributed by atoms with Crippen LogP contribution in [0.2, 0.25) is 0 Å². The summed E-state index contributed by atoms with van der Waals surface area (Å²) in [5, 5.41) is 12.4. The quantitative estimate of drug-likeness (QED) is 0.742. The number of rotatable bonds is 2. The van der Waals surface area contributed by atoms with Crippen molar-refractivity contribution in [1.29, 1.82) is 0 Å². The zero-order chi connectivity index (χ0) is 12.9. The molecular weight excluding hydrogens is 232 g/mol. The van der Waals surface area contributed by atoms with E-state index in [1.54, 1.807) is 0 Å². The average molecular weight is 252 g/mol. The number of carbonyl (C=O) groups is 2. The van der Waals surface area contributed by atoms with E-state index in [2.05, 4.69) is 12.2 Å². The average Bonchev–Trinajstić information content (AvgIpc) is 3.01. The molecule has 5 atom stereocenters. The molecule has 2 bridgehead atoms. The fraction of sp³-hybridized carbons (Fsp3) is 0.846. The van der Waals surface area contributed by atoms with Crippen molar-refractivity contribution in [2.75, 3.05) is 13.1 Å². The molecular formula is C13H20N2O3. The summed E-state index contributed by atoms with van der Waals surface area (Å²) in [4.78, 5) is 25.7. The van der Waals surface area contributed by atoms with Crippen molar-refractivity contribution >= 4 is 11.9 Å². The summed E-state index contributed by atoms with van der Waals surface area (Å²) in [6.07, 6.45) is 2.50. The van der Waals surface area contributed by atoms with Gasteiger partial charge in [-0.2, -0.15) is 0 Å². The predicted octanol–water partition coefficient (Wildman–Crippen LogP) is 0.306. The van der Waals surface area contributed by atoms with Crippen LogP contribution in [-0.2, 0) is 9.59 Å². The molecule has 3 fully saturated rings. The normalized spacial score (nSPS) is 42.5. The van der Waals surface area contributed by atoms with Crippen LogP contribution in [0.5, 0.6) is 0 Å². The van der Waals surface area contributed by atoms with Crippen LogP contribution in [-0.4, -0.2) is 47.1 Å². The van der Waals surface area contributed by atoms with Gasteiger partial charge in [-0.3, -0.25) is 9.59 Å². The van der Waals surface area contributed by atoms with Crippen molar-refractivity contribution < 1.29 is 14.7 Å². The highest BCUT2D eigenvalue weighted by Crippen LogP contribution is 2.43. The molecule has 3 aliphatic heterocycles. The van der Waals surface area contributed by atoms with Gasteiger partial charge in [0.1, 0.15) is 0 Å². The highest BCUT2D eigenvalue weighted by atomic mass is 16.4. The maximum absolute atomic E-state index is 12.6. The smallest absolute Gasteiger partial charge is 0.308 e. The van der Waals surface area contributed by atoms with Crippen molar-refractivity contribution in [3.05, 3.63) is 0 Å². The Morgan fingerprint density at radius 3 is 2.56 bits per heavy atom. The summed E-state index contributed by atoms with van der Waals surface area (Å²) in [6, 6.07) is 0.129. The number of nitrogens with zero attached hydrogens (tertiary/aromatic N) is 1. The van der Waals surface area contributed by atoms with Crippen molar-refractivity contribution in [3.63, 3.8) is 0 Å². The maximum Gasteiger partial charge on any atom is 0.308 e. The van der Waals surface area contributed by atoms with E-state index in [-0.39, 0.29) is 29.8 Å². The predicted molar refractivity (Wildman–Crippen MR) is 64.9 cm³/mol. The number of fused-ring (bicyclic) bond motifs is 2. The summed E-state index contributed by atoms with van der Waals surface area (Å²) < 4.78 is 0. The van der Waals surface area contributed by atoms with Gasteiger partial charge in [-0.15, -0.1) is 0 Å². The van der Waals surface area contributed by atoms with Gasteiger partial charge < -0.3 is 15.3 Å². The fourth-order valence-corrected chi connectivity index (χ4v) is 3.93. The van der Waals surface area contributed by atoms with Crippen LogP contribution in [0.4, 0.5) is 0 Å². The molecule has 5 heteroatoms. The molecule has 100 valence electrons. The lowest BCUT2D eigenvalue weighted by Gasteiger charge is -2.27. The lowest BCUT2D eigenvalue weighted by molar-refractivity contribution is -0.143. The van der Waals surface area contributed by atoms with Crippen LogP contribution in [0.15, 0.2) is 0 Å². The number of hydrogen-bond donors (Lipinski definition) is 2. The number of carboxylic acids is 1. The second kappa shape index (κ2) is 4.23. The molecule has 0 aromatic rings. The highest BCUT2D eigenvalue weighted by molar-refractivity contribution is 5.83. The standard InChI is InChI=1S/C13H20N2O3/c1-7-5-14-6-10(7)12(16)15-8-2-3-11(15)9(4-8)13(17)18/h7-11,14H,2-6H2,1H3,(H,17,18)/t7-,8?,9?,10-,11?/m1/s1. The molecule has 3 rings (SSSR count). The van der Waals surface area contributed by atoms with Gasteiger partial charge in [0.15, 0.2) is 0 Å². The van der Waals surface area contributed by atoms with E-state index in [0.717, 1.165) is 25.9 Å². The molecule has 0 aliphatic carbocycles. The van der Waals surface area contributed by atoms with E-state index in [1.165, 1.54) is 0 Å². The summed E-state index contributed by atoms with van der Waals surface area (Å²) in [6.45, 7) is 3.73. The monoisotopic (exact) mass is 252 g/mol. The van der Waals surface area contributed by atoms with Crippen molar-refractivity contribution in [3.8, 4) is 0 Å². The Labute approximate surface area is 107 Å². The third-order valence-electron chi connectivity index (χ3n) is 4.94. The SMILES string of the molecule is C[C@@H]1CNC[C@H]1C(=O)N1C2CCC1C(C(=O)O)C2. The molecule has 0 saturated carbocycles. The molecule has 3 heterocycles. The van der Waals surface area contributed by atoms with E-state index < -0.39 is 5.97 Å². The molecule has 0 radical (unpaired) electrons. The van der Waals surface area contributed by atoms with Crippen LogP contribution in [0, 0.1) is 17.8 Å². The summed E-state index contributed by atoms with van der Waals surface area (Å²) in [7, 11) is 0. The van der Waals surface area contributed by atoms with Gasteiger partial charge in [-0.25, -0.2) is 0 Å². The second-order valence-electron chi connectivity index (χ2n) is 5.97. The number of amides is 1. The van der Waals surface area contributed by atoms with Gasteiger partial charge in [0, 0.05) is 18.6 Å². The third-order valence-corrected chi connectivity index (χ3v) is 4.94. The molecule has 3 unspecified atom stereocenters. The summed E-state index contributed by atoms with van der Waals surface area (Å²) >= 11 is 0. The Morgan fingerprint density at radius 1 is 1.22 bits per heavy atom. The number of hydrogen-bond acceptors (Lipinski definition) is 3. The highest BCUT2D eigenvalue weighted by Gasteiger charge is 2.52. The first-order valence-corrected chi connectivity index (χ1v) is 6.85. The Bertz CT molecular complexity index is 384. The Hall–Kier alpha value is -1.10. The number of aliphatic carboxylic acids is 1. The molecule has 2 N–H and O–H groups in total. The van der Waals surface area contributed by atoms with E-state index >= 15 is 0 Å². The van der Waals surface area contributed by atoms with Crippen molar-refractivity contribution in [2.24, 2.45) is 17.8 Å². The summed E-state index contributed by atoms with van der Waals surface area (Å²) in [5.41, 5.74) is 0. The lowest BCUT2D eigenvalue weighted by Crippen LogP contribution is -2.43. The zero-order valence-electron chi connectivity index (χ0n) is 10.6. The molecule has 1 amide bonds. The molecule has 18 heavy (non-hydrogen) atoms. The van der Waals surface area contributed by atoms with Crippen LogP contribution in [0.25, 0.3) is 0 Å². The fourth-order valence-electron chi connectivity index (χ4n) is 3.93. The molecule has 0 aromatic heterocycles. The number of carboxylic acid groups (broad SMARTS) is 1. The van der Waals surface area contributed by atoms with Crippen LogP contribution < -0.4 is 5.32 Å². The largest absolute Gasteiger partial charge is 0.481 e. The Morgan fingerprint density at radius 2 is 2.00 bits per heavy atom. The van der Waals surface area contributed by atoms with Gasteiger partial charge >= 0.3 is 5.97 Å². The van der Waals surface area contributed by atoms with Crippen LogP contribution >= 0.6 is 0 Å². The Balaban J connectivity index is 1.77.